The molecule has 0 atom stereocenters. The van der Waals surface area contributed by atoms with Crippen molar-refractivity contribution in [2.75, 3.05) is 42.8 Å². The second-order valence-corrected chi connectivity index (χ2v) is 7.49. The zero-order chi connectivity index (χ0) is 23.8. The molecule has 0 saturated carbocycles. The summed E-state index contributed by atoms with van der Waals surface area (Å²) < 4.78 is 6.27. The van der Waals surface area contributed by atoms with E-state index in [-0.39, 0.29) is 61.5 Å². The molecule has 0 saturated heterocycles. The molecule has 1 aromatic heterocycles. The van der Waals surface area contributed by atoms with Crippen LogP contribution in [-0.4, -0.2) is 47.2 Å². The standard InChI is InChI=1S/C20H28N6O6/c1-13(2)12-25-18(21)17(19(28)23-20(25)29)24(10-11-32-3)16(27)8-9-22-14-6-4-5-7-15(14)26(30)31/h4-7,13,22H,8-12,21H2,1-3H3,(H,23,28,29). The summed E-state index contributed by atoms with van der Waals surface area (Å²) in [4.78, 5) is 51.7. The number of nitro groups is 1. The van der Waals surface area contributed by atoms with Crippen LogP contribution in [0.3, 0.4) is 0 Å². The lowest BCUT2D eigenvalue weighted by molar-refractivity contribution is -0.384. The number of nitro benzene ring substituents is 1. The van der Waals surface area contributed by atoms with Crippen LogP contribution in [0.15, 0.2) is 33.9 Å². The maximum absolute atomic E-state index is 13.0. The van der Waals surface area contributed by atoms with Gasteiger partial charge in [0, 0.05) is 39.2 Å². The summed E-state index contributed by atoms with van der Waals surface area (Å²) in [5, 5.41) is 14.0. The lowest BCUT2D eigenvalue weighted by Crippen LogP contribution is -2.43. The number of rotatable bonds is 11. The van der Waals surface area contributed by atoms with E-state index in [1.54, 1.807) is 12.1 Å². The first-order valence-electron chi connectivity index (χ1n) is 10.1. The van der Waals surface area contributed by atoms with Crippen molar-refractivity contribution in [3.63, 3.8) is 0 Å². The number of nitrogens with one attached hydrogen (secondary N) is 2. The first-order valence-corrected chi connectivity index (χ1v) is 10.1. The van der Waals surface area contributed by atoms with Gasteiger partial charge in [-0.05, 0) is 12.0 Å². The highest BCUT2D eigenvalue weighted by Crippen LogP contribution is 2.23. The maximum Gasteiger partial charge on any atom is 0.330 e. The number of ether oxygens (including phenoxy) is 1. The number of H-pyrrole nitrogens is 1. The number of anilines is 3. The average Bonchev–Trinajstić information content (AvgIpc) is 2.73. The normalized spacial score (nSPS) is 10.9. The van der Waals surface area contributed by atoms with E-state index >= 15 is 0 Å². The molecule has 4 N–H and O–H groups in total. The largest absolute Gasteiger partial charge is 0.383 e. The number of carbonyl (C=O) groups is 1. The van der Waals surface area contributed by atoms with Crippen molar-refractivity contribution in [2.45, 2.75) is 26.8 Å². The molecule has 12 heteroatoms. The van der Waals surface area contributed by atoms with Crippen LogP contribution in [0.5, 0.6) is 0 Å². The van der Waals surface area contributed by atoms with E-state index in [0.29, 0.717) is 0 Å². The molecule has 0 bridgehead atoms. The number of aromatic amines is 1. The first kappa shape index (κ1) is 24.6. The predicted molar refractivity (Wildman–Crippen MR) is 121 cm³/mol. The highest BCUT2D eigenvalue weighted by molar-refractivity contribution is 5.95. The van der Waals surface area contributed by atoms with Gasteiger partial charge in [-0.2, -0.15) is 0 Å². The Hall–Kier alpha value is -3.67. The lowest BCUT2D eigenvalue weighted by atomic mass is 10.2. The van der Waals surface area contributed by atoms with E-state index < -0.39 is 22.1 Å². The monoisotopic (exact) mass is 448 g/mol. The number of nitrogen functional groups attached to an aromatic ring is 1. The second-order valence-electron chi connectivity index (χ2n) is 7.49. The third-order valence-electron chi connectivity index (χ3n) is 4.61. The number of hydrogen-bond acceptors (Lipinski definition) is 8. The Kier molecular flexibility index (Phi) is 8.53. The topological polar surface area (TPSA) is 166 Å². The van der Waals surface area contributed by atoms with Crippen LogP contribution < -0.4 is 27.2 Å². The van der Waals surface area contributed by atoms with Gasteiger partial charge >= 0.3 is 5.69 Å². The SMILES string of the molecule is COCCN(C(=O)CCNc1ccccc1[N+](=O)[O-])c1c(N)n(CC(C)C)c(=O)[nH]c1=O. The Balaban J connectivity index is 2.29. The Morgan fingerprint density at radius 1 is 1.34 bits per heavy atom. The zero-order valence-corrected chi connectivity index (χ0v) is 18.3. The molecular formula is C20H28N6O6. The summed E-state index contributed by atoms with van der Waals surface area (Å²) in [5.41, 5.74) is 4.74. The van der Waals surface area contributed by atoms with Gasteiger partial charge in [0.2, 0.25) is 5.91 Å². The van der Waals surface area contributed by atoms with E-state index in [9.17, 15) is 24.5 Å². The molecule has 0 spiro atoms. The number of carbonyl (C=O) groups excluding carboxylic acids is 1. The van der Waals surface area contributed by atoms with Gasteiger partial charge in [0.05, 0.1) is 11.5 Å². The lowest BCUT2D eigenvalue weighted by Gasteiger charge is -2.25. The molecular weight excluding hydrogens is 420 g/mol. The van der Waals surface area contributed by atoms with Crippen LogP contribution in [0.2, 0.25) is 0 Å². The first-order chi connectivity index (χ1) is 15.2. The van der Waals surface area contributed by atoms with Gasteiger partial charge in [-0.1, -0.05) is 26.0 Å². The molecule has 0 radical (unpaired) electrons. The average molecular weight is 448 g/mol. The van der Waals surface area contributed by atoms with Crippen molar-refractivity contribution < 1.29 is 14.5 Å². The van der Waals surface area contributed by atoms with Crippen molar-refractivity contribution in [3.05, 3.63) is 55.2 Å². The highest BCUT2D eigenvalue weighted by Gasteiger charge is 2.24. The van der Waals surface area contributed by atoms with Crippen LogP contribution in [-0.2, 0) is 16.1 Å². The maximum atomic E-state index is 13.0. The fourth-order valence-electron chi connectivity index (χ4n) is 3.15. The molecule has 2 rings (SSSR count). The summed E-state index contributed by atoms with van der Waals surface area (Å²) in [5.74, 6) is -0.494. The van der Waals surface area contributed by atoms with Crippen molar-refractivity contribution in [3.8, 4) is 0 Å². The molecule has 0 aliphatic carbocycles. The number of benzene rings is 1. The fraction of sp³-hybridized carbons (Fsp3) is 0.450. The summed E-state index contributed by atoms with van der Waals surface area (Å²) >= 11 is 0. The van der Waals surface area contributed by atoms with Crippen LogP contribution in [0.1, 0.15) is 20.3 Å². The summed E-state index contributed by atoms with van der Waals surface area (Å²) in [7, 11) is 1.45. The molecule has 0 aliphatic rings. The van der Waals surface area contributed by atoms with Gasteiger partial charge in [0.1, 0.15) is 11.5 Å². The Morgan fingerprint density at radius 3 is 2.66 bits per heavy atom. The molecule has 1 aromatic carbocycles. The summed E-state index contributed by atoms with van der Waals surface area (Å²) in [6.45, 7) is 4.29. The molecule has 174 valence electrons. The van der Waals surface area contributed by atoms with Gasteiger partial charge in [-0.3, -0.25) is 29.3 Å². The minimum absolute atomic E-state index is 0.0357. The minimum atomic E-state index is -0.774. The third-order valence-corrected chi connectivity index (χ3v) is 4.61. The minimum Gasteiger partial charge on any atom is -0.383 e. The number of methoxy groups -OCH3 is 1. The highest BCUT2D eigenvalue weighted by atomic mass is 16.6. The van der Waals surface area contributed by atoms with Crippen molar-refractivity contribution in [2.24, 2.45) is 5.92 Å². The second kappa shape index (κ2) is 11.1. The molecule has 1 amide bonds. The number of para-hydroxylation sites is 2. The molecule has 1 heterocycles. The number of nitrogens with two attached hydrogens (primary N) is 1. The van der Waals surface area contributed by atoms with Crippen molar-refractivity contribution in [1.82, 2.24) is 9.55 Å². The molecule has 12 nitrogen and oxygen atoms in total. The van der Waals surface area contributed by atoms with Gasteiger partial charge in [-0.25, -0.2) is 4.79 Å². The number of hydrogen-bond donors (Lipinski definition) is 3. The fourth-order valence-corrected chi connectivity index (χ4v) is 3.15. The van der Waals surface area contributed by atoms with Crippen LogP contribution in [0, 0.1) is 16.0 Å². The molecule has 0 fully saturated rings. The number of nitrogens with zero attached hydrogens (tertiary/aromatic N) is 3. The summed E-state index contributed by atoms with van der Waals surface area (Å²) in [6.07, 6.45) is -0.0854. The van der Waals surface area contributed by atoms with Crippen LogP contribution in [0.25, 0.3) is 0 Å². The van der Waals surface area contributed by atoms with E-state index in [1.165, 1.54) is 28.7 Å². The van der Waals surface area contributed by atoms with Gasteiger partial charge < -0.3 is 20.7 Å². The molecule has 2 aromatic rings. The quantitative estimate of drug-likeness (QED) is 0.340. The Morgan fingerprint density at radius 2 is 2.03 bits per heavy atom. The van der Waals surface area contributed by atoms with Gasteiger partial charge in [0.25, 0.3) is 11.2 Å². The Bertz CT molecular complexity index is 1080. The predicted octanol–water partition coefficient (Wildman–Crippen LogP) is 1.16. The van der Waals surface area contributed by atoms with Gasteiger partial charge in [0.15, 0.2) is 5.69 Å². The van der Waals surface area contributed by atoms with E-state index in [1.807, 2.05) is 13.8 Å². The Labute approximate surface area is 184 Å². The summed E-state index contributed by atoms with van der Waals surface area (Å²) in [6, 6.07) is 6.07. The zero-order valence-electron chi connectivity index (χ0n) is 18.3. The van der Waals surface area contributed by atoms with E-state index in [2.05, 4.69) is 10.3 Å². The van der Waals surface area contributed by atoms with E-state index in [4.69, 9.17) is 10.5 Å². The number of amides is 1. The van der Waals surface area contributed by atoms with Crippen LogP contribution in [0.4, 0.5) is 22.9 Å². The van der Waals surface area contributed by atoms with E-state index in [0.717, 1.165) is 0 Å². The van der Waals surface area contributed by atoms with Crippen molar-refractivity contribution >= 4 is 28.8 Å². The van der Waals surface area contributed by atoms with Crippen LogP contribution >= 0.6 is 0 Å². The number of aromatic nitrogens is 2. The van der Waals surface area contributed by atoms with Gasteiger partial charge in [-0.15, -0.1) is 0 Å². The molecule has 0 unspecified atom stereocenters. The third kappa shape index (κ3) is 5.94. The molecule has 32 heavy (non-hydrogen) atoms. The smallest absolute Gasteiger partial charge is 0.330 e. The van der Waals surface area contributed by atoms with Crippen molar-refractivity contribution in [1.29, 1.82) is 0 Å². The molecule has 0 aliphatic heterocycles.